The Balaban J connectivity index is 1.15. The van der Waals surface area contributed by atoms with E-state index in [0.717, 1.165) is 61.9 Å². The number of halogens is 1. The van der Waals surface area contributed by atoms with E-state index in [4.69, 9.17) is 9.47 Å². The summed E-state index contributed by atoms with van der Waals surface area (Å²) in [7, 11) is 0. The van der Waals surface area contributed by atoms with Crippen LogP contribution in [0.25, 0.3) is 0 Å². The molecule has 47 heavy (non-hydrogen) atoms. The first-order valence-corrected chi connectivity index (χ1v) is 20.0. The molecule has 0 amide bonds. The third-order valence-corrected chi connectivity index (χ3v) is 17.3. The van der Waals surface area contributed by atoms with Crippen LogP contribution < -0.4 is 0 Å². The lowest BCUT2D eigenvalue weighted by atomic mass is 9.32. The van der Waals surface area contributed by atoms with Crippen molar-refractivity contribution in [2.75, 3.05) is 19.9 Å². The van der Waals surface area contributed by atoms with Crippen LogP contribution in [-0.2, 0) is 14.3 Å². The predicted octanol–water partition coefficient (Wildman–Crippen LogP) is 11.1. The summed E-state index contributed by atoms with van der Waals surface area (Å²) in [5, 5.41) is 0. The molecule has 0 aromatic rings. The summed E-state index contributed by atoms with van der Waals surface area (Å²) in [5.74, 6) is 4.34. The second-order valence-corrected chi connectivity index (χ2v) is 19.6. The highest BCUT2D eigenvalue weighted by atomic mass is 19.1. The molecular formula is C43H67FO3. The van der Waals surface area contributed by atoms with Crippen LogP contribution >= 0.6 is 0 Å². The fourth-order valence-electron chi connectivity index (χ4n) is 14.5. The number of ether oxygens (including phenoxy) is 2. The lowest BCUT2D eigenvalue weighted by Gasteiger charge is -2.72. The molecule has 0 aromatic heterocycles. The monoisotopic (exact) mass is 651 g/mol. The van der Waals surface area contributed by atoms with Gasteiger partial charge in [-0.15, -0.1) is 0 Å². The van der Waals surface area contributed by atoms with Crippen LogP contribution in [0.1, 0.15) is 145 Å². The second kappa shape index (κ2) is 11.7. The van der Waals surface area contributed by atoms with Crippen LogP contribution in [0.15, 0.2) is 23.3 Å². The van der Waals surface area contributed by atoms with Gasteiger partial charge in [0, 0.05) is 5.41 Å². The smallest absolute Gasteiger partial charge is 0.315 e. The highest BCUT2D eigenvalue weighted by molar-refractivity contribution is 5.77. The van der Waals surface area contributed by atoms with Crippen LogP contribution in [0.4, 0.5) is 4.39 Å². The number of hydrogen-bond donors (Lipinski definition) is 0. The van der Waals surface area contributed by atoms with Crippen LogP contribution in [0.3, 0.4) is 0 Å². The average Bonchev–Trinajstić information content (AvgIpc) is 3.82. The van der Waals surface area contributed by atoms with Crippen LogP contribution in [-0.4, -0.2) is 32.0 Å². The fraction of sp³-hybridized carbons (Fsp3) is 0.884. The van der Waals surface area contributed by atoms with E-state index in [9.17, 15) is 9.18 Å². The van der Waals surface area contributed by atoms with Crippen LogP contribution in [0, 0.1) is 68.0 Å². The van der Waals surface area contributed by atoms with Gasteiger partial charge < -0.3 is 9.47 Å². The van der Waals surface area contributed by atoms with Gasteiger partial charge >= 0.3 is 5.97 Å². The van der Waals surface area contributed by atoms with Crippen molar-refractivity contribution in [1.29, 1.82) is 0 Å². The van der Waals surface area contributed by atoms with Gasteiger partial charge in [-0.05, 0) is 152 Å². The second-order valence-electron chi connectivity index (χ2n) is 19.6. The number of carbonyl (C=O) groups is 1. The molecule has 6 aliphatic carbocycles. The standard InChI is InChI=1S/C43H67FO3/c1-9-10-25-46-37(45)42(27-44)20-13-29(14-21-42)31-16-18-39(6)33(38(31,4)5)17-19-41(8)34(39)12-11-32-36-30(28(2)3)15-22-43(36,35-26-47-35)24-23-40(32,41)7/h13,16,28,30,32-36H,9-12,14-15,17-27H2,1-8H3/t30-,32+,33-,34+,35?,36+,39-,40+,41+,42-,43+/m0/s1. The van der Waals surface area contributed by atoms with Gasteiger partial charge in [-0.25, -0.2) is 4.39 Å². The van der Waals surface area contributed by atoms with Crippen LogP contribution in [0.2, 0.25) is 0 Å². The Hall–Kier alpha value is -1.16. The lowest BCUT2D eigenvalue weighted by molar-refractivity contribution is -0.230. The highest BCUT2D eigenvalue weighted by Crippen LogP contribution is 2.78. The van der Waals surface area contributed by atoms with Crippen LogP contribution in [0.5, 0.6) is 0 Å². The van der Waals surface area contributed by atoms with Gasteiger partial charge in [-0.2, -0.15) is 0 Å². The minimum absolute atomic E-state index is 0.0640. The van der Waals surface area contributed by atoms with Crippen molar-refractivity contribution in [1.82, 2.24) is 0 Å². The number of unbranched alkanes of at least 4 members (excludes halogenated alkanes) is 1. The topological polar surface area (TPSA) is 38.8 Å². The van der Waals surface area contributed by atoms with Gasteiger partial charge in [0.2, 0.25) is 0 Å². The maximum absolute atomic E-state index is 14.5. The van der Waals surface area contributed by atoms with Crippen molar-refractivity contribution in [2.24, 2.45) is 68.0 Å². The summed E-state index contributed by atoms with van der Waals surface area (Å²) in [6.45, 7) is 21.1. The number of alkyl halides is 1. The quantitative estimate of drug-likeness (QED) is 0.149. The number of hydrogen-bond acceptors (Lipinski definition) is 3. The molecule has 0 aromatic carbocycles. The SMILES string of the molecule is CCCCOC(=O)[C@@]1(CF)CC=C(C2=CC[C@]3(C)[C@H]4CC[C@@H]5[C@H]6[C@H](C(C)C)CC[C@]6(C6CO6)CC[C@@]5(C)[C@]4(C)CC[C@H]3C2(C)C)CC1. The number of carbonyl (C=O) groups excluding carboxylic acids is 1. The summed E-state index contributed by atoms with van der Waals surface area (Å²) in [5.41, 5.74) is 3.44. The molecule has 0 radical (unpaired) electrons. The summed E-state index contributed by atoms with van der Waals surface area (Å²) in [6.07, 6.45) is 21.2. The number of fused-ring (bicyclic) bond motifs is 7. The Labute approximate surface area is 286 Å². The summed E-state index contributed by atoms with van der Waals surface area (Å²) in [4.78, 5) is 13.0. The zero-order valence-corrected chi connectivity index (χ0v) is 31.3. The normalized spacial score (nSPS) is 48.4. The Kier molecular flexibility index (Phi) is 8.53. The van der Waals surface area contributed by atoms with E-state index < -0.39 is 12.1 Å². The van der Waals surface area contributed by atoms with Crippen molar-refractivity contribution in [3.05, 3.63) is 23.3 Å². The molecule has 5 fully saturated rings. The van der Waals surface area contributed by atoms with E-state index in [2.05, 4.69) is 67.5 Å². The molecule has 3 nitrogen and oxygen atoms in total. The third-order valence-electron chi connectivity index (χ3n) is 17.3. The number of rotatable bonds is 8. The van der Waals surface area contributed by atoms with Gasteiger partial charge in [0.25, 0.3) is 0 Å². The Morgan fingerprint density at radius 2 is 1.70 bits per heavy atom. The first kappa shape index (κ1) is 34.3. The molecule has 264 valence electrons. The van der Waals surface area contributed by atoms with Crippen molar-refractivity contribution < 1.29 is 18.7 Å². The molecule has 11 atom stereocenters. The van der Waals surface area contributed by atoms with Gasteiger partial charge in [0.05, 0.1) is 24.7 Å². The molecule has 1 saturated heterocycles. The van der Waals surface area contributed by atoms with Crippen molar-refractivity contribution >= 4 is 5.97 Å². The predicted molar refractivity (Wildman–Crippen MR) is 188 cm³/mol. The zero-order chi connectivity index (χ0) is 33.6. The molecule has 1 unspecified atom stereocenters. The third kappa shape index (κ3) is 4.81. The molecule has 0 spiro atoms. The first-order chi connectivity index (χ1) is 22.2. The summed E-state index contributed by atoms with van der Waals surface area (Å²) >= 11 is 0. The summed E-state index contributed by atoms with van der Waals surface area (Å²) < 4.78 is 26.2. The number of allylic oxidation sites excluding steroid dienone is 4. The Bertz CT molecular complexity index is 1290. The van der Waals surface area contributed by atoms with Crippen molar-refractivity contribution in [3.8, 4) is 0 Å². The van der Waals surface area contributed by atoms with E-state index in [1.54, 1.807) is 0 Å². The average molecular weight is 651 g/mol. The molecule has 4 heteroatoms. The number of esters is 1. The highest BCUT2D eigenvalue weighted by Gasteiger charge is 2.72. The van der Waals surface area contributed by atoms with E-state index >= 15 is 0 Å². The molecule has 0 bridgehead atoms. The molecule has 7 aliphatic rings. The summed E-state index contributed by atoms with van der Waals surface area (Å²) in [6, 6.07) is 0. The van der Waals surface area contributed by atoms with E-state index in [-0.39, 0.29) is 16.8 Å². The fourth-order valence-corrected chi connectivity index (χ4v) is 14.5. The first-order valence-electron chi connectivity index (χ1n) is 20.0. The Morgan fingerprint density at radius 3 is 2.34 bits per heavy atom. The molecule has 0 N–H and O–H groups in total. The number of epoxide rings is 1. The minimum atomic E-state index is -0.997. The lowest BCUT2D eigenvalue weighted by Crippen LogP contribution is -2.66. The largest absolute Gasteiger partial charge is 0.465 e. The Morgan fingerprint density at radius 1 is 0.936 bits per heavy atom. The molecule has 1 aliphatic heterocycles. The van der Waals surface area contributed by atoms with Gasteiger partial charge in [-0.3, -0.25) is 4.79 Å². The molecular weight excluding hydrogens is 583 g/mol. The maximum Gasteiger partial charge on any atom is 0.315 e. The van der Waals surface area contributed by atoms with Gasteiger partial charge in [0.15, 0.2) is 0 Å². The van der Waals surface area contributed by atoms with E-state index in [1.807, 2.05) is 0 Å². The van der Waals surface area contributed by atoms with Gasteiger partial charge in [-0.1, -0.05) is 74.0 Å². The molecule has 4 saturated carbocycles. The molecule has 7 rings (SSSR count). The zero-order valence-electron chi connectivity index (χ0n) is 31.3. The van der Waals surface area contributed by atoms with E-state index in [1.165, 1.54) is 62.5 Å². The van der Waals surface area contributed by atoms with Crippen molar-refractivity contribution in [2.45, 2.75) is 151 Å². The van der Waals surface area contributed by atoms with Gasteiger partial charge in [0.1, 0.15) is 6.67 Å². The minimum Gasteiger partial charge on any atom is -0.465 e. The maximum atomic E-state index is 14.5. The van der Waals surface area contributed by atoms with E-state index in [0.29, 0.717) is 47.7 Å². The van der Waals surface area contributed by atoms with Crippen molar-refractivity contribution in [3.63, 3.8) is 0 Å². The molecule has 1 heterocycles.